The maximum Gasteiger partial charge on any atom is 0.135 e. The first-order valence-corrected chi connectivity index (χ1v) is 4.75. The number of carbonyl (C=O) groups excluding carboxylic acids is 1. The summed E-state index contributed by atoms with van der Waals surface area (Å²) in [7, 11) is 0. The summed E-state index contributed by atoms with van der Waals surface area (Å²) in [6.45, 7) is 6.28. The van der Waals surface area contributed by atoms with E-state index in [0.717, 1.165) is 19.3 Å². The molecule has 0 radical (unpaired) electrons. The third-order valence-corrected chi connectivity index (χ3v) is 1.86. The molecule has 0 bridgehead atoms. The molecule has 1 saturated carbocycles. The second kappa shape index (κ2) is 6.38. The lowest BCUT2D eigenvalue weighted by Crippen LogP contribution is -2.14. The van der Waals surface area contributed by atoms with Crippen LogP contribution in [0.25, 0.3) is 0 Å². The highest BCUT2D eigenvalue weighted by Gasteiger charge is 2.16. The molecule has 1 fully saturated rings. The van der Waals surface area contributed by atoms with Gasteiger partial charge in [-0.1, -0.05) is 33.6 Å². The molecule has 1 aliphatic rings. The van der Waals surface area contributed by atoms with Crippen molar-refractivity contribution in [3.63, 3.8) is 0 Å². The van der Waals surface area contributed by atoms with Crippen LogP contribution in [0.5, 0.6) is 0 Å². The van der Waals surface area contributed by atoms with Crippen LogP contribution in [0, 0.1) is 5.92 Å². The molecule has 0 aromatic rings. The van der Waals surface area contributed by atoms with E-state index in [0.29, 0.717) is 11.7 Å². The number of carbonyl (C=O) groups is 1. The first kappa shape index (κ1) is 10.7. The zero-order valence-electron chi connectivity index (χ0n) is 8.02. The van der Waals surface area contributed by atoms with Crippen LogP contribution in [0.15, 0.2) is 0 Å². The predicted octanol–water partition coefficient (Wildman–Crippen LogP) is 3.18. The van der Waals surface area contributed by atoms with Gasteiger partial charge in [-0.15, -0.1) is 0 Å². The van der Waals surface area contributed by atoms with Gasteiger partial charge in [-0.25, -0.2) is 0 Å². The van der Waals surface area contributed by atoms with Crippen LogP contribution < -0.4 is 0 Å². The van der Waals surface area contributed by atoms with Gasteiger partial charge in [-0.05, 0) is 12.8 Å². The maximum atomic E-state index is 10.8. The standard InChI is InChI=1S/C7H12O.C3H8/c1-6-4-2-3-5-7(6)8;1-3-2/h6H,2-5H2,1H3;3H2,1-2H3. The van der Waals surface area contributed by atoms with Crippen molar-refractivity contribution in [2.45, 2.75) is 52.9 Å². The molecular formula is C10H20O. The lowest BCUT2D eigenvalue weighted by molar-refractivity contribution is -0.123. The molecule has 0 amide bonds. The quantitative estimate of drug-likeness (QED) is 0.526. The Balaban J connectivity index is 0.000000292. The van der Waals surface area contributed by atoms with Gasteiger partial charge in [0.2, 0.25) is 0 Å². The summed E-state index contributed by atoms with van der Waals surface area (Å²) >= 11 is 0. The summed E-state index contributed by atoms with van der Waals surface area (Å²) in [5.74, 6) is 0.833. The van der Waals surface area contributed by atoms with Crippen LogP contribution in [-0.2, 0) is 4.79 Å². The second-order valence-electron chi connectivity index (χ2n) is 3.32. The zero-order chi connectivity index (χ0) is 8.69. The zero-order valence-corrected chi connectivity index (χ0v) is 8.02. The number of hydrogen-bond donors (Lipinski definition) is 0. The summed E-state index contributed by atoms with van der Waals surface area (Å²) in [5.41, 5.74) is 0. The van der Waals surface area contributed by atoms with Crippen LogP contribution in [-0.4, -0.2) is 5.78 Å². The summed E-state index contributed by atoms with van der Waals surface area (Å²) < 4.78 is 0. The molecule has 1 rings (SSSR count). The van der Waals surface area contributed by atoms with Gasteiger partial charge >= 0.3 is 0 Å². The largest absolute Gasteiger partial charge is 0.299 e. The molecule has 0 aromatic carbocycles. The molecule has 0 aliphatic heterocycles. The van der Waals surface area contributed by atoms with E-state index in [9.17, 15) is 4.79 Å². The number of hydrogen-bond acceptors (Lipinski definition) is 1. The molecule has 1 atom stereocenters. The molecule has 0 spiro atoms. The van der Waals surface area contributed by atoms with Crippen LogP contribution in [0.2, 0.25) is 0 Å². The van der Waals surface area contributed by atoms with E-state index >= 15 is 0 Å². The molecule has 11 heavy (non-hydrogen) atoms. The van der Waals surface area contributed by atoms with E-state index < -0.39 is 0 Å². The van der Waals surface area contributed by atoms with Gasteiger partial charge in [-0.2, -0.15) is 0 Å². The Morgan fingerprint density at radius 2 is 1.91 bits per heavy atom. The highest BCUT2D eigenvalue weighted by Crippen LogP contribution is 2.18. The van der Waals surface area contributed by atoms with Crippen molar-refractivity contribution in [1.29, 1.82) is 0 Å². The first-order chi connectivity index (χ1) is 5.22. The maximum absolute atomic E-state index is 10.8. The van der Waals surface area contributed by atoms with Crippen molar-refractivity contribution in [3.8, 4) is 0 Å². The molecule has 1 aliphatic carbocycles. The fourth-order valence-electron chi connectivity index (χ4n) is 1.16. The van der Waals surface area contributed by atoms with Gasteiger partial charge in [0.25, 0.3) is 0 Å². The number of rotatable bonds is 0. The Morgan fingerprint density at radius 3 is 2.18 bits per heavy atom. The van der Waals surface area contributed by atoms with Gasteiger partial charge in [0.15, 0.2) is 0 Å². The normalized spacial score (nSPS) is 23.9. The molecule has 66 valence electrons. The van der Waals surface area contributed by atoms with Crippen LogP contribution >= 0.6 is 0 Å². The van der Waals surface area contributed by atoms with Gasteiger partial charge in [0, 0.05) is 12.3 Å². The molecule has 0 N–H and O–H groups in total. The first-order valence-electron chi connectivity index (χ1n) is 4.75. The average Bonchev–Trinajstić information content (AvgIpc) is 1.97. The van der Waals surface area contributed by atoms with Gasteiger partial charge in [0.05, 0.1) is 0 Å². The minimum absolute atomic E-state index is 0.365. The van der Waals surface area contributed by atoms with Crippen LogP contribution in [0.4, 0.5) is 0 Å². The fourth-order valence-corrected chi connectivity index (χ4v) is 1.16. The Bertz CT molecular complexity index is 107. The number of ketones is 1. The summed E-state index contributed by atoms with van der Waals surface area (Å²) in [5, 5.41) is 0. The third-order valence-electron chi connectivity index (χ3n) is 1.86. The van der Waals surface area contributed by atoms with E-state index in [1.165, 1.54) is 12.8 Å². The van der Waals surface area contributed by atoms with E-state index in [4.69, 9.17) is 0 Å². The van der Waals surface area contributed by atoms with Crippen molar-refractivity contribution in [2.24, 2.45) is 5.92 Å². The van der Waals surface area contributed by atoms with Gasteiger partial charge < -0.3 is 0 Å². The molecule has 1 heteroatoms. The van der Waals surface area contributed by atoms with Gasteiger partial charge in [0.1, 0.15) is 5.78 Å². The molecular weight excluding hydrogens is 136 g/mol. The average molecular weight is 156 g/mol. The van der Waals surface area contributed by atoms with E-state index in [2.05, 4.69) is 13.8 Å². The highest BCUT2D eigenvalue weighted by molar-refractivity contribution is 5.81. The molecule has 0 aromatic heterocycles. The summed E-state index contributed by atoms with van der Waals surface area (Å²) in [6.07, 6.45) is 5.59. The van der Waals surface area contributed by atoms with Crippen molar-refractivity contribution in [2.75, 3.05) is 0 Å². The monoisotopic (exact) mass is 156 g/mol. The van der Waals surface area contributed by atoms with Crippen molar-refractivity contribution in [3.05, 3.63) is 0 Å². The van der Waals surface area contributed by atoms with Crippen LogP contribution in [0.3, 0.4) is 0 Å². The topological polar surface area (TPSA) is 17.1 Å². The third kappa shape index (κ3) is 5.00. The Labute approximate surface area is 70.2 Å². The van der Waals surface area contributed by atoms with Crippen molar-refractivity contribution >= 4 is 5.78 Å². The molecule has 1 unspecified atom stereocenters. The predicted molar refractivity (Wildman–Crippen MR) is 48.6 cm³/mol. The Hall–Kier alpha value is -0.330. The summed E-state index contributed by atoms with van der Waals surface area (Å²) in [6, 6.07) is 0. The highest BCUT2D eigenvalue weighted by atomic mass is 16.1. The SMILES string of the molecule is CC1CCCCC1=O.CCC. The fraction of sp³-hybridized carbons (Fsp3) is 0.900. The number of Topliss-reactive ketones (excluding diaryl/α,β-unsaturated/α-hetero) is 1. The lowest BCUT2D eigenvalue weighted by atomic mass is 9.90. The summed E-state index contributed by atoms with van der Waals surface area (Å²) in [4.78, 5) is 10.8. The van der Waals surface area contributed by atoms with Crippen molar-refractivity contribution in [1.82, 2.24) is 0 Å². The molecule has 0 heterocycles. The molecule has 1 nitrogen and oxygen atoms in total. The molecule has 0 saturated heterocycles. The second-order valence-corrected chi connectivity index (χ2v) is 3.32. The van der Waals surface area contributed by atoms with E-state index in [-0.39, 0.29) is 0 Å². The minimum Gasteiger partial charge on any atom is -0.299 e. The minimum atomic E-state index is 0.365. The lowest BCUT2D eigenvalue weighted by Gasteiger charge is -2.14. The van der Waals surface area contributed by atoms with E-state index in [1.807, 2.05) is 6.92 Å². The Morgan fingerprint density at radius 1 is 1.36 bits per heavy atom. The smallest absolute Gasteiger partial charge is 0.135 e. The van der Waals surface area contributed by atoms with Crippen molar-refractivity contribution < 1.29 is 4.79 Å². The van der Waals surface area contributed by atoms with E-state index in [1.54, 1.807) is 0 Å². The Kier molecular flexibility index (Phi) is 6.19. The van der Waals surface area contributed by atoms with Gasteiger partial charge in [-0.3, -0.25) is 4.79 Å². The van der Waals surface area contributed by atoms with Crippen LogP contribution in [0.1, 0.15) is 52.9 Å².